The average Bonchev–Trinajstić information content (AvgIpc) is 3.29. The molecule has 0 fully saturated rings. The maximum atomic E-state index is 13.4. The standard InChI is InChI=1S/C22H24FN3O4S/c1-15-22(31(28,29)26-12-11-17-5-3-4-6-21(17)26)16(2)25(24-15)13-19(27)14-30-20-9-7-18(23)8-10-20/h3-10,19,27H,11-14H2,1-2H3. The molecule has 1 aliphatic heterocycles. The molecular weight excluding hydrogens is 421 g/mol. The Labute approximate surface area is 180 Å². The van der Waals surface area contributed by atoms with Crippen LogP contribution in [0.1, 0.15) is 17.0 Å². The molecule has 1 aromatic heterocycles. The number of sulfonamides is 1. The Morgan fingerprint density at radius 3 is 2.61 bits per heavy atom. The molecule has 2 heterocycles. The average molecular weight is 446 g/mol. The Kier molecular flexibility index (Phi) is 5.72. The van der Waals surface area contributed by atoms with Crippen molar-refractivity contribution in [3.8, 4) is 5.75 Å². The number of benzene rings is 2. The van der Waals surface area contributed by atoms with Gasteiger partial charge in [0.25, 0.3) is 10.0 Å². The number of nitrogens with zero attached hydrogens (tertiary/aromatic N) is 3. The summed E-state index contributed by atoms with van der Waals surface area (Å²) in [5.74, 6) is 0.0645. The summed E-state index contributed by atoms with van der Waals surface area (Å²) in [5, 5.41) is 14.7. The Morgan fingerprint density at radius 2 is 1.87 bits per heavy atom. The zero-order chi connectivity index (χ0) is 22.2. The van der Waals surface area contributed by atoms with Gasteiger partial charge in [-0.1, -0.05) is 18.2 Å². The van der Waals surface area contributed by atoms with Crippen LogP contribution in [0.5, 0.6) is 5.75 Å². The molecule has 0 amide bonds. The maximum Gasteiger partial charge on any atom is 0.268 e. The van der Waals surface area contributed by atoms with Gasteiger partial charge in [-0.2, -0.15) is 5.10 Å². The van der Waals surface area contributed by atoms with Gasteiger partial charge in [0.2, 0.25) is 0 Å². The van der Waals surface area contributed by atoms with Crippen LogP contribution in [0.25, 0.3) is 0 Å². The SMILES string of the molecule is Cc1nn(CC(O)COc2ccc(F)cc2)c(C)c1S(=O)(=O)N1CCc2ccccc21. The Morgan fingerprint density at radius 1 is 1.16 bits per heavy atom. The second-order valence-corrected chi connectivity index (χ2v) is 9.36. The summed E-state index contributed by atoms with van der Waals surface area (Å²) in [7, 11) is -3.79. The van der Waals surface area contributed by atoms with Crippen molar-refractivity contribution < 1.29 is 22.7 Å². The van der Waals surface area contributed by atoms with E-state index in [4.69, 9.17) is 4.74 Å². The molecule has 0 saturated heterocycles. The molecule has 9 heteroatoms. The second kappa shape index (κ2) is 8.32. The van der Waals surface area contributed by atoms with E-state index in [-0.39, 0.29) is 23.9 Å². The fourth-order valence-electron chi connectivity index (χ4n) is 3.87. The van der Waals surface area contributed by atoms with Crippen LogP contribution in [0.15, 0.2) is 53.4 Å². The van der Waals surface area contributed by atoms with Crippen LogP contribution >= 0.6 is 0 Å². The third-order valence-corrected chi connectivity index (χ3v) is 7.41. The van der Waals surface area contributed by atoms with E-state index in [1.165, 1.54) is 33.3 Å². The van der Waals surface area contributed by atoms with Gasteiger partial charge in [-0.3, -0.25) is 8.99 Å². The third kappa shape index (κ3) is 4.15. The van der Waals surface area contributed by atoms with Gasteiger partial charge in [0, 0.05) is 6.54 Å². The van der Waals surface area contributed by atoms with E-state index >= 15 is 0 Å². The van der Waals surface area contributed by atoms with Crippen molar-refractivity contribution in [2.75, 3.05) is 17.5 Å². The third-order valence-electron chi connectivity index (χ3n) is 5.35. The minimum absolute atomic E-state index is 0.0361. The van der Waals surface area contributed by atoms with E-state index in [0.29, 0.717) is 35.8 Å². The highest BCUT2D eigenvalue weighted by Crippen LogP contribution is 2.34. The summed E-state index contributed by atoms with van der Waals surface area (Å²) < 4.78 is 48.2. The molecule has 0 aliphatic carbocycles. The van der Waals surface area contributed by atoms with Gasteiger partial charge in [0.15, 0.2) is 0 Å². The van der Waals surface area contributed by atoms with Crippen molar-refractivity contribution in [1.82, 2.24) is 9.78 Å². The van der Waals surface area contributed by atoms with Crippen molar-refractivity contribution in [3.05, 3.63) is 71.3 Å². The van der Waals surface area contributed by atoms with E-state index in [9.17, 15) is 17.9 Å². The summed E-state index contributed by atoms with van der Waals surface area (Å²) in [4.78, 5) is 0.163. The number of fused-ring (bicyclic) bond motifs is 1. The molecule has 0 saturated carbocycles. The summed E-state index contributed by atoms with van der Waals surface area (Å²) in [6, 6.07) is 13.0. The molecule has 1 atom stereocenters. The van der Waals surface area contributed by atoms with Gasteiger partial charge in [-0.15, -0.1) is 0 Å². The number of hydrogen-bond donors (Lipinski definition) is 1. The van der Waals surface area contributed by atoms with Gasteiger partial charge in [0.1, 0.15) is 29.2 Å². The normalized spacial score (nSPS) is 14.5. The van der Waals surface area contributed by atoms with E-state index in [0.717, 1.165) is 5.56 Å². The molecule has 7 nitrogen and oxygen atoms in total. The van der Waals surface area contributed by atoms with Crippen molar-refractivity contribution in [1.29, 1.82) is 0 Å². The number of halogens is 1. The monoisotopic (exact) mass is 445 g/mol. The molecule has 3 aromatic rings. The van der Waals surface area contributed by atoms with Gasteiger partial charge < -0.3 is 9.84 Å². The quantitative estimate of drug-likeness (QED) is 0.605. The molecule has 31 heavy (non-hydrogen) atoms. The summed E-state index contributed by atoms with van der Waals surface area (Å²) in [6.07, 6.45) is -0.257. The van der Waals surface area contributed by atoms with Crippen LogP contribution in [0.3, 0.4) is 0 Å². The highest BCUT2D eigenvalue weighted by atomic mass is 32.2. The lowest BCUT2D eigenvalue weighted by Gasteiger charge is -2.20. The van der Waals surface area contributed by atoms with Gasteiger partial charge in [-0.25, -0.2) is 12.8 Å². The van der Waals surface area contributed by atoms with Crippen molar-refractivity contribution in [2.24, 2.45) is 0 Å². The van der Waals surface area contributed by atoms with Crippen molar-refractivity contribution >= 4 is 15.7 Å². The Balaban J connectivity index is 1.51. The molecule has 2 aromatic carbocycles. The lowest BCUT2D eigenvalue weighted by molar-refractivity contribution is 0.0886. The zero-order valence-electron chi connectivity index (χ0n) is 17.3. The first kappa shape index (κ1) is 21.3. The highest BCUT2D eigenvalue weighted by molar-refractivity contribution is 7.93. The molecule has 1 aliphatic rings. The van der Waals surface area contributed by atoms with Crippen LogP contribution in [0, 0.1) is 19.7 Å². The smallest absolute Gasteiger partial charge is 0.268 e. The summed E-state index contributed by atoms with van der Waals surface area (Å²) >= 11 is 0. The topological polar surface area (TPSA) is 84.7 Å². The van der Waals surface area contributed by atoms with E-state index in [2.05, 4.69) is 5.10 Å². The number of ether oxygens (including phenoxy) is 1. The number of aryl methyl sites for hydroxylation is 1. The molecule has 164 valence electrons. The number of rotatable bonds is 7. The lowest BCUT2D eigenvalue weighted by Crippen LogP contribution is -2.30. The van der Waals surface area contributed by atoms with Crippen LogP contribution in [-0.2, 0) is 23.0 Å². The number of para-hydroxylation sites is 1. The maximum absolute atomic E-state index is 13.4. The highest BCUT2D eigenvalue weighted by Gasteiger charge is 2.35. The van der Waals surface area contributed by atoms with Crippen molar-refractivity contribution in [3.63, 3.8) is 0 Å². The summed E-state index contributed by atoms with van der Waals surface area (Å²) in [6.45, 7) is 3.76. The van der Waals surface area contributed by atoms with Crippen LogP contribution in [-0.4, -0.2) is 42.6 Å². The van der Waals surface area contributed by atoms with Gasteiger partial charge in [-0.05, 0) is 56.2 Å². The molecule has 0 bridgehead atoms. The molecule has 4 rings (SSSR count). The first-order chi connectivity index (χ1) is 14.8. The zero-order valence-corrected chi connectivity index (χ0v) is 18.1. The molecular formula is C22H24FN3O4S. The first-order valence-electron chi connectivity index (χ1n) is 9.98. The van der Waals surface area contributed by atoms with E-state index in [1.807, 2.05) is 24.3 Å². The van der Waals surface area contributed by atoms with Crippen LogP contribution in [0.2, 0.25) is 0 Å². The Bertz CT molecular complexity index is 1190. The summed E-state index contributed by atoms with van der Waals surface area (Å²) in [5.41, 5.74) is 2.54. The molecule has 1 N–H and O–H groups in total. The van der Waals surface area contributed by atoms with Gasteiger partial charge in [0.05, 0.1) is 23.6 Å². The van der Waals surface area contributed by atoms with E-state index < -0.39 is 16.1 Å². The fraction of sp³-hybridized carbons (Fsp3) is 0.318. The molecule has 0 radical (unpaired) electrons. The number of anilines is 1. The molecule has 1 unspecified atom stereocenters. The number of aliphatic hydroxyl groups excluding tert-OH is 1. The predicted octanol–water partition coefficient (Wildman–Crippen LogP) is 2.83. The minimum atomic E-state index is -3.79. The number of hydrogen-bond acceptors (Lipinski definition) is 5. The van der Waals surface area contributed by atoms with Gasteiger partial charge >= 0.3 is 0 Å². The van der Waals surface area contributed by atoms with Crippen LogP contribution < -0.4 is 9.04 Å². The fourth-order valence-corrected chi connectivity index (χ4v) is 5.76. The predicted molar refractivity (Wildman–Crippen MR) is 114 cm³/mol. The van der Waals surface area contributed by atoms with Crippen molar-refractivity contribution in [2.45, 2.75) is 37.8 Å². The minimum Gasteiger partial charge on any atom is -0.491 e. The first-order valence-corrected chi connectivity index (χ1v) is 11.4. The van der Waals surface area contributed by atoms with E-state index in [1.54, 1.807) is 13.8 Å². The van der Waals surface area contributed by atoms with Crippen LogP contribution in [0.4, 0.5) is 10.1 Å². The number of aliphatic hydroxyl groups is 1. The largest absolute Gasteiger partial charge is 0.491 e. The lowest BCUT2D eigenvalue weighted by atomic mass is 10.2. The second-order valence-electron chi connectivity index (χ2n) is 7.56. The Hall–Kier alpha value is -2.91. The number of aromatic nitrogens is 2. The molecule has 0 spiro atoms.